The van der Waals surface area contributed by atoms with Crippen LogP contribution in [0.15, 0.2) is 36.4 Å². The Bertz CT molecular complexity index is 425. The van der Waals surface area contributed by atoms with Crippen molar-refractivity contribution in [1.82, 2.24) is 0 Å². The first-order valence-corrected chi connectivity index (χ1v) is 4.50. The molecule has 0 bridgehead atoms. The average molecular weight is 227 g/mol. The number of benzene rings is 1. The Morgan fingerprint density at radius 3 is 2.73 bits per heavy atom. The van der Waals surface area contributed by atoms with Crippen molar-refractivity contribution in [3.63, 3.8) is 0 Å². The smallest absolute Gasteiger partial charge is 0.328 e. The molecule has 0 saturated heterocycles. The number of allylic oxidation sites excluding steroid dienone is 2. The van der Waals surface area contributed by atoms with Crippen LogP contribution in [0.2, 0.25) is 5.02 Å². The lowest BCUT2D eigenvalue weighted by Crippen LogP contribution is -1.84. The van der Waals surface area contributed by atoms with Crippen LogP contribution < -0.4 is 0 Å². The second kappa shape index (κ2) is 5.32. The van der Waals surface area contributed by atoms with Gasteiger partial charge < -0.3 is 5.11 Å². The maximum Gasteiger partial charge on any atom is 0.328 e. The molecule has 0 radical (unpaired) electrons. The Morgan fingerprint density at radius 2 is 2.13 bits per heavy atom. The molecule has 4 heteroatoms. The normalized spacial score (nSPS) is 11.3. The lowest BCUT2D eigenvalue weighted by molar-refractivity contribution is -0.131. The van der Waals surface area contributed by atoms with Crippen molar-refractivity contribution in [3.8, 4) is 0 Å². The molecule has 0 atom stereocenters. The molecule has 0 spiro atoms. The van der Waals surface area contributed by atoms with Crippen molar-refractivity contribution in [1.29, 1.82) is 0 Å². The van der Waals surface area contributed by atoms with E-state index in [1.54, 1.807) is 6.08 Å². The highest BCUT2D eigenvalue weighted by Crippen LogP contribution is 2.18. The highest BCUT2D eigenvalue weighted by molar-refractivity contribution is 6.32. The zero-order chi connectivity index (χ0) is 11.3. The van der Waals surface area contributed by atoms with Gasteiger partial charge in [0, 0.05) is 6.08 Å². The summed E-state index contributed by atoms with van der Waals surface area (Å²) in [6.07, 6.45) is 5.48. The second-order valence-corrected chi connectivity index (χ2v) is 3.13. The molecule has 1 aromatic carbocycles. The van der Waals surface area contributed by atoms with Gasteiger partial charge in [-0.3, -0.25) is 0 Å². The van der Waals surface area contributed by atoms with Crippen LogP contribution in [-0.2, 0) is 4.79 Å². The zero-order valence-corrected chi connectivity index (χ0v) is 8.41. The summed E-state index contributed by atoms with van der Waals surface area (Å²) < 4.78 is 12.6. The molecule has 0 amide bonds. The summed E-state index contributed by atoms with van der Waals surface area (Å²) in [6.45, 7) is 0. The number of carbonyl (C=O) groups is 1. The Labute approximate surface area is 91.3 Å². The molecule has 0 aromatic heterocycles. The van der Waals surface area contributed by atoms with E-state index in [1.807, 2.05) is 0 Å². The molecular weight excluding hydrogens is 219 g/mol. The van der Waals surface area contributed by atoms with Crippen LogP contribution in [0, 0.1) is 5.82 Å². The van der Waals surface area contributed by atoms with Gasteiger partial charge in [-0.1, -0.05) is 35.9 Å². The first-order valence-electron chi connectivity index (χ1n) is 4.12. The molecule has 0 saturated carbocycles. The van der Waals surface area contributed by atoms with E-state index < -0.39 is 11.8 Å². The van der Waals surface area contributed by atoms with Crippen LogP contribution in [0.5, 0.6) is 0 Å². The molecule has 0 aliphatic rings. The van der Waals surface area contributed by atoms with Gasteiger partial charge in [0.25, 0.3) is 0 Å². The molecule has 1 aromatic rings. The number of rotatable bonds is 3. The Balaban J connectivity index is 2.77. The first kappa shape index (κ1) is 11.5. The van der Waals surface area contributed by atoms with E-state index in [0.29, 0.717) is 5.56 Å². The number of carboxylic acids is 1. The third kappa shape index (κ3) is 3.95. The van der Waals surface area contributed by atoms with Crippen molar-refractivity contribution in [2.75, 3.05) is 0 Å². The minimum Gasteiger partial charge on any atom is -0.478 e. The van der Waals surface area contributed by atoms with Crippen molar-refractivity contribution in [3.05, 3.63) is 52.8 Å². The topological polar surface area (TPSA) is 37.3 Å². The number of hydrogen-bond acceptors (Lipinski definition) is 1. The minimum absolute atomic E-state index is 0.287. The van der Waals surface area contributed by atoms with Crippen LogP contribution in [0.3, 0.4) is 0 Å². The van der Waals surface area contributed by atoms with Gasteiger partial charge in [-0.15, -0.1) is 0 Å². The van der Waals surface area contributed by atoms with Gasteiger partial charge in [0.05, 0.1) is 5.02 Å². The highest BCUT2D eigenvalue weighted by Gasteiger charge is 1.97. The molecule has 0 unspecified atom stereocenters. The van der Waals surface area contributed by atoms with Gasteiger partial charge >= 0.3 is 5.97 Å². The minimum atomic E-state index is -1.02. The quantitative estimate of drug-likeness (QED) is 0.635. The predicted molar refractivity (Wildman–Crippen MR) is 57.2 cm³/mol. The molecule has 0 aliphatic heterocycles. The summed E-state index contributed by atoms with van der Waals surface area (Å²) >= 11 is 5.74. The van der Waals surface area contributed by atoms with Crippen molar-refractivity contribution >= 4 is 23.6 Å². The molecule has 0 aliphatic carbocycles. The lowest BCUT2D eigenvalue weighted by atomic mass is 10.2. The summed E-state index contributed by atoms with van der Waals surface area (Å²) in [5.74, 6) is -1.43. The summed E-state index contributed by atoms with van der Waals surface area (Å²) in [5.41, 5.74) is 0.633. The van der Waals surface area contributed by atoms with E-state index in [0.717, 1.165) is 6.08 Å². The average Bonchev–Trinajstić information content (AvgIpc) is 2.14. The van der Waals surface area contributed by atoms with Gasteiger partial charge in [-0.05, 0) is 17.7 Å². The van der Waals surface area contributed by atoms with Gasteiger partial charge in [-0.2, -0.15) is 0 Å². The molecule has 15 heavy (non-hydrogen) atoms. The monoisotopic (exact) mass is 226 g/mol. The Hall–Kier alpha value is -1.61. The molecule has 0 fully saturated rings. The van der Waals surface area contributed by atoms with Gasteiger partial charge in [0.2, 0.25) is 0 Å². The fourth-order valence-electron chi connectivity index (χ4n) is 0.934. The van der Waals surface area contributed by atoms with Gasteiger partial charge in [-0.25, -0.2) is 9.18 Å². The fraction of sp³-hybridized carbons (Fsp3) is 0. The maximum absolute atomic E-state index is 12.6. The highest BCUT2D eigenvalue weighted by atomic mass is 35.5. The number of hydrogen-bond donors (Lipinski definition) is 1. The fourth-order valence-corrected chi connectivity index (χ4v) is 1.16. The van der Waals surface area contributed by atoms with E-state index >= 15 is 0 Å². The van der Waals surface area contributed by atoms with E-state index in [1.165, 1.54) is 30.4 Å². The standard InChI is InChI=1S/C11H8ClFO2/c12-10-7-9(13)6-5-8(10)3-1-2-4-11(14)15/h1-7H,(H,14,15)/b3-1+,4-2+. The van der Waals surface area contributed by atoms with E-state index in [9.17, 15) is 9.18 Å². The maximum atomic E-state index is 12.6. The predicted octanol–water partition coefficient (Wildman–Crippen LogP) is 3.13. The zero-order valence-electron chi connectivity index (χ0n) is 7.65. The van der Waals surface area contributed by atoms with Crippen LogP contribution in [0.25, 0.3) is 6.08 Å². The van der Waals surface area contributed by atoms with Gasteiger partial charge in [0.15, 0.2) is 0 Å². The Kier molecular flexibility index (Phi) is 4.06. The summed E-state index contributed by atoms with van der Waals surface area (Å²) in [7, 11) is 0. The molecule has 1 N–H and O–H groups in total. The number of halogens is 2. The summed E-state index contributed by atoms with van der Waals surface area (Å²) in [6, 6.07) is 4.00. The van der Waals surface area contributed by atoms with Crippen molar-refractivity contribution in [2.24, 2.45) is 0 Å². The van der Waals surface area contributed by atoms with Crippen molar-refractivity contribution in [2.45, 2.75) is 0 Å². The molecule has 78 valence electrons. The Morgan fingerprint density at radius 1 is 1.40 bits per heavy atom. The molecular formula is C11H8ClFO2. The number of carboxylic acid groups (broad SMARTS) is 1. The van der Waals surface area contributed by atoms with Crippen LogP contribution >= 0.6 is 11.6 Å². The third-order valence-corrected chi connectivity index (χ3v) is 1.92. The SMILES string of the molecule is O=C(O)/C=C/C=C/c1ccc(F)cc1Cl. The van der Waals surface area contributed by atoms with Crippen LogP contribution in [0.4, 0.5) is 4.39 Å². The van der Waals surface area contributed by atoms with Gasteiger partial charge in [0.1, 0.15) is 5.82 Å². The molecule has 1 rings (SSSR count). The lowest BCUT2D eigenvalue weighted by Gasteiger charge is -1.96. The number of aliphatic carboxylic acids is 1. The summed E-state index contributed by atoms with van der Waals surface area (Å²) in [4.78, 5) is 10.1. The van der Waals surface area contributed by atoms with E-state index in [4.69, 9.17) is 16.7 Å². The second-order valence-electron chi connectivity index (χ2n) is 2.72. The molecule has 2 nitrogen and oxygen atoms in total. The van der Waals surface area contributed by atoms with E-state index in [2.05, 4.69) is 0 Å². The first-order chi connectivity index (χ1) is 7.09. The largest absolute Gasteiger partial charge is 0.478 e. The molecule has 0 heterocycles. The van der Waals surface area contributed by atoms with Crippen LogP contribution in [-0.4, -0.2) is 11.1 Å². The third-order valence-electron chi connectivity index (χ3n) is 1.59. The van der Waals surface area contributed by atoms with Crippen molar-refractivity contribution < 1.29 is 14.3 Å². The van der Waals surface area contributed by atoms with Crippen LogP contribution in [0.1, 0.15) is 5.56 Å². The summed E-state index contributed by atoms with van der Waals surface area (Å²) in [5, 5.41) is 8.59. The van der Waals surface area contributed by atoms with E-state index in [-0.39, 0.29) is 5.02 Å².